The maximum absolute atomic E-state index is 10.5. The summed E-state index contributed by atoms with van der Waals surface area (Å²) in [6.07, 6.45) is 12.8. The van der Waals surface area contributed by atoms with Gasteiger partial charge in [0.2, 0.25) is 0 Å². The van der Waals surface area contributed by atoms with Gasteiger partial charge in [-0.05, 0) is 51.0 Å². The van der Waals surface area contributed by atoms with Crippen LogP contribution in [0.3, 0.4) is 0 Å². The van der Waals surface area contributed by atoms with E-state index in [1.54, 1.807) is 0 Å². The second-order valence-corrected chi connectivity index (χ2v) is 6.75. The van der Waals surface area contributed by atoms with Gasteiger partial charge in [-0.3, -0.25) is 4.90 Å². The lowest BCUT2D eigenvalue weighted by Crippen LogP contribution is -2.51. The molecule has 1 N–H and O–H groups in total. The predicted octanol–water partition coefficient (Wildman–Crippen LogP) is 3.97. The summed E-state index contributed by atoms with van der Waals surface area (Å²) in [5.41, 5.74) is 0. The first kappa shape index (κ1) is 15.3. The molecule has 1 aliphatic carbocycles. The van der Waals surface area contributed by atoms with Crippen molar-refractivity contribution in [3.8, 4) is 0 Å². The predicted molar refractivity (Wildman–Crippen MR) is 81.3 cm³/mol. The molecule has 0 bridgehead atoms. The van der Waals surface area contributed by atoms with Gasteiger partial charge in [0.1, 0.15) is 0 Å². The van der Waals surface area contributed by atoms with Gasteiger partial charge in [-0.25, -0.2) is 0 Å². The van der Waals surface area contributed by atoms with E-state index < -0.39 is 0 Å². The van der Waals surface area contributed by atoms with Crippen LogP contribution in [0.2, 0.25) is 0 Å². The maximum atomic E-state index is 10.5. The number of aliphatic hydroxyl groups is 1. The molecule has 4 unspecified atom stereocenters. The molecule has 19 heavy (non-hydrogen) atoms. The average Bonchev–Trinajstić information content (AvgIpc) is 2.66. The molecule has 2 rings (SSSR count). The van der Waals surface area contributed by atoms with Crippen molar-refractivity contribution in [2.45, 2.75) is 96.2 Å². The summed E-state index contributed by atoms with van der Waals surface area (Å²) in [4.78, 5) is 2.69. The fourth-order valence-corrected chi connectivity index (χ4v) is 4.32. The first-order valence-corrected chi connectivity index (χ1v) is 8.70. The molecule has 112 valence electrons. The van der Waals surface area contributed by atoms with Crippen molar-refractivity contribution in [3.05, 3.63) is 0 Å². The van der Waals surface area contributed by atoms with Crippen LogP contribution in [-0.4, -0.2) is 34.7 Å². The Hall–Kier alpha value is -0.0800. The Morgan fingerprint density at radius 3 is 2.63 bits per heavy atom. The third-order valence-electron chi connectivity index (χ3n) is 5.41. The summed E-state index contributed by atoms with van der Waals surface area (Å²) < 4.78 is 0. The molecule has 0 aromatic rings. The Morgan fingerprint density at radius 1 is 1.05 bits per heavy atom. The molecule has 2 nitrogen and oxygen atoms in total. The van der Waals surface area contributed by atoms with E-state index in [2.05, 4.69) is 18.7 Å². The Morgan fingerprint density at radius 2 is 1.89 bits per heavy atom. The highest BCUT2D eigenvalue weighted by atomic mass is 16.3. The second kappa shape index (κ2) is 7.64. The molecule has 1 heterocycles. The van der Waals surface area contributed by atoms with Gasteiger partial charge in [-0.15, -0.1) is 0 Å². The number of hydrogen-bond acceptors (Lipinski definition) is 2. The highest BCUT2D eigenvalue weighted by Crippen LogP contribution is 2.34. The summed E-state index contributed by atoms with van der Waals surface area (Å²) in [5, 5.41) is 10.5. The van der Waals surface area contributed by atoms with E-state index in [0.29, 0.717) is 6.04 Å². The standard InChI is InChI=1S/C17H33NO/c1-3-8-14-10-11-17(19)16(13-14)18-12-7-5-6-9-15(18)4-2/h14-17,19H,3-13H2,1-2H3. The second-order valence-electron chi connectivity index (χ2n) is 6.75. The van der Waals surface area contributed by atoms with Crippen molar-refractivity contribution < 1.29 is 5.11 Å². The fraction of sp³-hybridized carbons (Fsp3) is 1.00. The number of rotatable bonds is 4. The minimum absolute atomic E-state index is 0.0692. The lowest BCUT2D eigenvalue weighted by atomic mass is 9.80. The molecule has 0 aromatic carbocycles. The quantitative estimate of drug-likeness (QED) is 0.833. The Bertz CT molecular complexity index is 256. The van der Waals surface area contributed by atoms with Crippen LogP contribution in [0.4, 0.5) is 0 Å². The molecule has 0 radical (unpaired) electrons. The van der Waals surface area contributed by atoms with Crippen LogP contribution < -0.4 is 0 Å². The number of aliphatic hydroxyl groups excluding tert-OH is 1. The molecule has 2 aliphatic rings. The highest BCUT2D eigenvalue weighted by molar-refractivity contribution is 4.90. The van der Waals surface area contributed by atoms with Crippen LogP contribution >= 0.6 is 0 Å². The van der Waals surface area contributed by atoms with Crippen molar-refractivity contribution in [1.29, 1.82) is 0 Å². The number of hydrogen-bond donors (Lipinski definition) is 1. The lowest BCUT2D eigenvalue weighted by Gasteiger charge is -2.43. The molecule has 0 amide bonds. The van der Waals surface area contributed by atoms with Gasteiger partial charge in [0.25, 0.3) is 0 Å². The zero-order valence-electron chi connectivity index (χ0n) is 13.0. The van der Waals surface area contributed by atoms with E-state index in [-0.39, 0.29) is 6.10 Å². The fourth-order valence-electron chi connectivity index (χ4n) is 4.32. The normalized spacial score (nSPS) is 38.1. The SMILES string of the molecule is CCCC1CCC(O)C(N2CCCCCC2CC)C1. The smallest absolute Gasteiger partial charge is 0.0695 e. The topological polar surface area (TPSA) is 23.5 Å². The van der Waals surface area contributed by atoms with Gasteiger partial charge in [-0.2, -0.15) is 0 Å². The van der Waals surface area contributed by atoms with Crippen LogP contribution in [0.1, 0.15) is 78.1 Å². The van der Waals surface area contributed by atoms with Crippen LogP contribution in [0.25, 0.3) is 0 Å². The molecule has 2 heteroatoms. The molecule has 0 aromatic heterocycles. The Kier molecular flexibility index (Phi) is 6.15. The van der Waals surface area contributed by atoms with E-state index >= 15 is 0 Å². The zero-order valence-corrected chi connectivity index (χ0v) is 13.0. The van der Waals surface area contributed by atoms with Gasteiger partial charge in [0.05, 0.1) is 6.10 Å². The summed E-state index contributed by atoms with van der Waals surface area (Å²) in [5.74, 6) is 0.860. The van der Waals surface area contributed by atoms with Crippen molar-refractivity contribution in [2.75, 3.05) is 6.54 Å². The van der Waals surface area contributed by atoms with Gasteiger partial charge < -0.3 is 5.11 Å². The van der Waals surface area contributed by atoms with E-state index in [9.17, 15) is 5.11 Å². The minimum atomic E-state index is -0.0692. The molecule has 4 atom stereocenters. The third kappa shape index (κ3) is 3.95. The van der Waals surface area contributed by atoms with Crippen molar-refractivity contribution >= 4 is 0 Å². The first-order chi connectivity index (χ1) is 9.26. The lowest BCUT2D eigenvalue weighted by molar-refractivity contribution is -0.0175. The number of nitrogens with zero attached hydrogens (tertiary/aromatic N) is 1. The largest absolute Gasteiger partial charge is 0.391 e. The molecular weight excluding hydrogens is 234 g/mol. The average molecular weight is 267 g/mol. The third-order valence-corrected chi connectivity index (χ3v) is 5.41. The highest BCUT2D eigenvalue weighted by Gasteiger charge is 2.35. The van der Waals surface area contributed by atoms with Crippen molar-refractivity contribution in [3.63, 3.8) is 0 Å². The zero-order chi connectivity index (χ0) is 13.7. The van der Waals surface area contributed by atoms with E-state index in [4.69, 9.17) is 0 Å². The molecular formula is C17H33NO. The monoisotopic (exact) mass is 267 g/mol. The van der Waals surface area contributed by atoms with Crippen LogP contribution in [0.15, 0.2) is 0 Å². The van der Waals surface area contributed by atoms with Gasteiger partial charge in [-0.1, -0.05) is 39.5 Å². The van der Waals surface area contributed by atoms with E-state index in [1.807, 2.05) is 0 Å². The van der Waals surface area contributed by atoms with Gasteiger partial charge in [0.15, 0.2) is 0 Å². The molecule has 0 spiro atoms. The molecule has 1 saturated carbocycles. The van der Waals surface area contributed by atoms with Crippen LogP contribution in [0.5, 0.6) is 0 Å². The molecule has 2 fully saturated rings. The first-order valence-electron chi connectivity index (χ1n) is 8.70. The minimum Gasteiger partial charge on any atom is -0.391 e. The van der Waals surface area contributed by atoms with Crippen LogP contribution in [0, 0.1) is 5.92 Å². The van der Waals surface area contributed by atoms with Crippen molar-refractivity contribution in [1.82, 2.24) is 4.90 Å². The maximum Gasteiger partial charge on any atom is 0.0695 e. The molecule has 1 saturated heterocycles. The van der Waals surface area contributed by atoms with Crippen LogP contribution in [-0.2, 0) is 0 Å². The number of likely N-dealkylation sites (tertiary alicyclic amines) is 1. The van der Waals surface area contributed by atoms with Gasteiger partial charge >= 0.3 is 0 Å². The van der Waals surface area contributed by atoms with Gasteiger partial charge in [0, 0.05) is 12.1 Å². The summed E-state index contributed by atoms with van der Waals surface area (Å²) in [7, 11) is 0. The van der Waals surface area contributed by atoms with Crippen molar-refractivity contribution in [2.24, 2.45) is 5.92 Å². The summed E-state index contributed by atoms with van der Waals surface area (Å²) in [6.45, 7) is 5.83. The van der Waals surface area contributed by atoms with E-state index in [1.165, 1.54) is 64.3 Å². The Balaban J connectivity index is 2.02. The Labute approximate surface area is 119 Å². The van der Waals surface area contributed by atoms with E-state index in [0.717, 1.165) is 18.4 Å². The summed E-state index contributed by atoms with van der Waals surface area (Å²) in [6, 6.07) is 1.18. The molecule has 1 aliphatic heterocycles. The summed E-state index contributed by atoms with van der Waals surface area (Å²) >= 11 is 0.